The maximum atomic E-state index is 11.0. The summed E-state index contributed by atoms with van der Waals surface area (Å²) in [6.45, 7) is 2.05. The van der Waals surface area contributed by atoms with E-state index in [1.807, 2.05) is 48.3 Å². The number of aldehydes is 1. The average molecular weight is 317 g/mol. The number of rotatable bonds is 4. The fourth-order valence-electron chi connectivity index (χ4n) is 2.82. The number of aromatic nitrogens is 5. The second kappa shape index (κ2) is 5.73. The first kappa shape index (κ1) is 14.3. The summed E-state index contributed by atoms with van der Waals surface area (Å²) in [6, 6.07) is 9.53. The predicted molar refractivity (Wildman–Crippen MR) is 90.8 cm³/mol. The fraction of sp³-hybridized carbons (Fsp3) is 0.111. The largest absolute Gasteiger partial charge is 0.346 e. The van der Waals surface area contributed by atoms with Crippen molar-refractivity contribution in [1.82, 2.24) is 24.7 Å². The minimum absolute atomic E-state index is 0.0159. The van der Waals surface area contributed by atoms with Crippen LogP contribution in [0.5, 0.6) is 0 Å². The molecule has 118 valence electrons. The van der Waals surface area contributed by atoms with E-state index in [0.29, 0.717) is 5.56 Å². The molecule has 3 heterocycles. The first-order valence-electron chi connectivity index (χ1n) is 7.64. The number of hydrogen-bond acceptors (Lipinski definition) is 4. The van der Waals surface area contributed by atoms with Gasteiger partial charge >= 0.3 is 0 Å². The number of nitrogens with zero attached hydrogens (tertiary/aromatic N) is 4. The van der Waals surface area contributed by atoms with Gasteiger partial charge in [-0.1, -0.05) is 18.2 Å². The summed E-state index contributed by atoms with van der Waals surface area (Å²) in [5.41, 5.74) is 4.28. The van der Waals surface area contributed by atoms with Gasteiger partial charge in [-0.05, 0) is 24.6 Å². The van der Waals surface area contributed by atoms with Gasteiger partial charge in [0.1, 0.15) is 18.3 Å². The molecule has 0 radical (unpaired) electrons. The zero-order valence-corrected chi connectivity index (χ0v) is 13.0. The van der Waals surface area contributed by atoms with Gasteiger partial charge in [0.15, 0.2) is 0 Å². The lowest BCUT2D eigenvalue weighted by atomic mass is 10.1. The normalized spacial score (nSPS) is 12.4. The number of benzene rings is 1. The van der Waals surface area contributed by atoms with Gasteiger partial charge < -0.3 is 4.98 Å². The molecule has 0 fully saturated rings. The first-order valence-corrected chi connectivity index (χ1v) is 7.64. The molecule has 0 saturated carbocycles. The maximum absolute atomic E-state index is 11.0. The molecule has 0 bridgehead atoms. The molecule has 1 N–H and O–H groups in total. The van der Waals surface area contributed by atoms with Crippen LogP contribution in [0.15, 0.2) is 55.2 Å². The quantitative estimate of drug-likeness (QED) is 0.586. The van der Waals surface area contributed by atoms with Gasteiger partial charge in [-0.2, -0.15) is 5.10 Å². The Kier molecular flexibility index (Phi) is 3.42. The third-order valence-electron chi connectivity index (χ3n) is 4.15. The topological polar surface area (TPSA) is 76.5 Å². The molecular weight excluding hydrogens is 302 g/mol. The van der Waals surface area contributed by atoms with Crippen LogP contribution in [0.25, 0.3) is 22.3 Å². The summed E-state index contributed by atoms with van der Waals surface area (Å²) >= 11 is 0. The summed E-state index contributed by atoms with van der Waals surface area (Å²) in [5, 5.41) is 5.44. The van der Waals surface area contributed by atoms with E-state index < -0.39 is 0 Å². The van der Waals surface area contributed by atoms with Gasteiger partial charge in [-0.25, -0.2) is 9.97 Å². The standard InChI is InChI=1S/C18H15N5O/c1-12(14-4-2-3-13(7-14)10-24)23-9-15(8-22-23)17-16-5-6-19-18(16)21-11-20-17/h2-12H,1H3,(H,19,20,21). The van der Waals surface area contributed by atoms with E-state index in [0.717, 1.165) is 34.1 Å². The number of hydrogen-bond donors (Lipinski definition) is 1. The Labute approximate surface area is 138 Å². The third-order valence-corrected chi connectivity index (χ3v) is 4.15. The molecule has 0 spiro atoms. The molecule has 0 aliphatic rings. The van der Waals surface area contributed by atoms with Crippen molar-refractivity contribution in [3.8, 4) is 11.3 Å². The van der Waals surface area contributed by atoms with Crippen LogP contribution in [-0.4, -0.2) is 31.0 Å². The Morgan fingerprint density at radius 3 is 3.04 bits per heavy atom. The highest BCUT2D eigenvalue weighted by atomic mass is 16.1. The number of carbonyl (C=O) groups excluding carboxylic acids is 1. The minimum atomic E-state index is 0.0159. The molecule has 24 heavy (non-hydrogen) atoms. The highest BCUT2D eigenvalue weighted by Gasteiger charge is 2.13. The van der Waals surface area contributed by atoms with Crippen molar-refractivity contribution < 1.29 is 4.79 Å². The Balaban J connectivity index is 1.72. The Morgan fingerprint density at radius 2 is 2.17 bits per heavy atom. The number of H-pyrrole nitrogens is 1. The van der Waals surface area contributed by atoms with Gasteiger partial charge in [0.05, 0.1) is 17.9 Å². The van der Waals surface area contributed by atoms with Crippen molar-refractivity contribution in [3.63, 3.8) is 0 Å². The van der Waals surface area contributed by atoms with Crippen LogP contribution in [0.1, 0.15) is 28.9 Å². The zero-order chi connectivity index (χ0) is 16.5. The minimum Gasteiger partial charge on any atom is -0.346 e. The second-order valence-corrected chi connectivity index (χ2v) is 5.64. The Bertz CT molecular complexity index is 1020. The van der Waals surface area contributed by atoms with E-state index in [1.165, 1.54) is 0 Å². The van der Waals surface area contributed by atoms with Gasteiger partial charge in [0.2, 0.25) is 0 Å². The number of nitrogens with one attached hydrogen (secondary N) is 1. The smallest absolute Gasteiger partial charge is 0.150 e. The first-order chi connectivity index (χ1) is 11.8. The van der Waals surface area contributed by atoms with Gasteiger partial charge in [0.25, 0.3) is 0 Å². The Morgan fingerprint density at radius 1 is 1.25 bits per heavy atom. The van der Waals surface area contributed by atoms with Crippen LogP contribution in [0, 0.1) is 0 Å². The van der Waals surface area contributed by atoms with Crippen LogP contribution < -0.4 is 0 Å². The molecule has 0 aliphatic carbocycles. The van der Waals surface area contributed by atoms with Crippen LogP contribution >= 0.6 is 0 Å². The van der Waals surface area contributed by atoms with Crippen molar-refractivity contribution in [2.45, 2.75) is 13.0 Å². The van der Waals surface area contributed by atoms with Crippen molar-refractivity contribution in [2.75, 3.05) is 0 Å². The summed E-state index contributed by atoms with van der Waals surface area (Å²) in [5.74, 6) is 0. The SMILES string of the molecule is CC(c1cccc(C=O)c1)n1cc(-c2ncnc3[nH]ccc23)cn1. The summed E-state index contributed by atoms with van der Waals surface area (Å²) in [4.78, 5) is 22.7. The molecule has 6 heteroatoms. The zero-order valence-electron chi connectivity index (χ0n) is 13.0. The van der Waals surface area contributed by atoms with E-state index in [4.69, 9.17) is 0 Å². The molecule has 0 amide bonds. The van der Waals surface area contributed by atoms with Crippen LogP contribution in [0.4, 0.5) is 0 Å². The van der Waals surface area contributed by atoms with Crippen LogP contribution in [0.3, 0.4) is 0 Å². The second-order valence-electron chi connectivity index (χ2n) is 5.64. The average Bonchev–Trinajstić information content (AvgIpc) is 3.30. The van der Waals surface area contributed by atoms with Gasteiger partial charge in [-0.15, -0.1) is 0 Å². The molecular formula is C18H15N5O. The summed E-state index contributed by atoms with van der Waals surface area (Å²) in [7, 11) is 0. The molecule has 4 rings (SSSR count). The lowest BCUT2D eigenvalue weighted by Crippen LogP contribution is -2.07. The van der Waals surface area contributed by atoms with Crippen molar-refractivity contribution in [1.29, 1.82) is 0 Å². The van der Waals surface area contributed by atoms with Crippen LogP contribution in [0.2, 0.25) is 0 Å². The van der Waals surface area contributed by atoms with Crippen molar-refractivity contribution >= 4 is 17.3 Å². The predicted octanol–water partition coefficient (Wildman–Crippen LogP) is 3.24. The molecule has 0 saturated heterocycles. The summed E-state index contributed by atoms with van der Waals surface area (Å²) in [6.07, 6.45) is 8.01. The van der Waals surface area contributed by atoms with Gasteiger partial charge in [0, 0.05) is 28.9 Å². The highest BCUT2D eigenvalue weighted by Crippen LogP contribution is 2.26. The monoisotopic (exact) mass is 317 g/mol. The lowest BCUT2D eigenvalue weighted by molar-refractivity contribution is 0.112. The van der Waals surface area contributed by atoms with Gasteiger partial charge in [-0.3, -0.25) is 9.48 Å². The number of aromatic amines is 1. The molecule has 1 aromatic carbocycles. The Hall–Kier alpha value is -3.28. The number of fused-ring (bicyclic) bond motifs is 1. The fourth-order valence-corrected chi connectivity index (χ4v) is 2.82. The molecule has 0 aliphatic heterocycles. The third kappa shape index (κ3) is 2.38. The molecule has 1 atom stereocenters. The maximum Gasteiger partial charge on any atom is 0.150 e. The van der Waals surface area contributed by atoms with E-state index in [2.05, 4.69) is 20.1 Å². The number of carbonyl (C=O) groups is 1. The lowest BCUT2D eigenvalue weighted by Gasteiger charge is -2.12. The van der Waals surface area contributed by atoms with E-state index in [9.17, 15) is 4.79 Å². The molecule has 1 unspecified atom stereocenters. The molecule has 6 nitrogen and oxygen atoms in total. The van der Waals surface area contributed by atoms with E-state index in [1.54, 1.807) is 18.6 Å². The van der Waals surface area contributed by atoms with Crippen molar-refractivity contribution in [2.24, 2.45) is 0 Å². The molecule has 4 aromatic rings. The van der Waals surface area contributed by atoms with E-state index in [-0.39, 0.29) is 6.04 Å². The molecule has 3 aromatic heterocycles. The summed E-state index contributed by atoms with van der Waals surface area (Å²) < 4.78 is 1.87. The highest BCUT2D eigenvalue weighted by molar-refractivity contribution is 5.90. The van der Waals surface area contributed by atoms with Crippen molar-refractivity contribution in [3.05, 3.63) is 66.4 Å². The van der Waals surface area contributed by atoms with E-state index >= 15 is 0 Å². The van der Waals surface area contributed by atoms with Crippen LogP contribution in [-0.2, 0) is 0 Å².